The Morgan fingerprint density at radius 3 is 2.81 bits per heavy atom. The van der Waals surface area contributed by atoms with Gasteiger partial charge in [0.25, 0.3) is 0 Å². The summed E-state index contributed by atoms with van der Waals surface area (Å²) in [7, 11) is 0. The van der Waals surface area contributed by atoms with Gasteiger partial charge in [0, 0.05) is 12.5 Å². The minimum atomic E-state index is 0.182. The molecule has 3 rings (SSSR count). The molecule has 0 spiro atoms. The van der Waals surface area contributed by atoms with E-state index in [2.05, 4.69) is 17.4 Å². The van der Waals surface area contributed by atoms with E-state index in [1.807, 2.05) is 18.2 Å². The molecule has 1 saturated carbocycles. The van der Waals surface area contributed by atoms with Gasteiger partial charge in [-0.1, -0.05) is 30.3 Å². The van der Waals surface area contributed by atoms with Gasteiger partial charge in [0.15, 0.2) is 0 Å². The van der Waals surface area contributed by atoms with Crippen molar-refractivity contribution >= 4 is 5.91 Å². The second kappa shape index (κ2) is 3.91. The van der Waals surface area contributed by atoms with Crippen LogP contribution in [0.2, 0.25) is 0 Å². The zero-order chi connectivity index (χ0) is 11.0. The van der Waals surface area contributed by atoms with Gasteiger partial charge in [0.1, 0.15) is 0 Å². The Morgan fingerprint density at radius 2 is 2.12 bits per heavy atom. The van der Waals surface area contributed by atoms with Crippen molar-refractivity contribution in [2.45, 2.75) is 18.4 Å². The lowest BCUT2D eigenvalue weighted by Crippen LogP contribution is -2.29. The number of nitrogens with one attached hydrogen (secondary N) is 1. The summed E-state index contributed by atoms with van der Waals surface area (Å²) in [5.74, 6) is 0.798. The highest BCUT2D eigenvalue weighted by Gasteiger charge is 2.44. The summed E-state index contributed by atoms with van der Waals surface area (Å²) in [6, 6.07) is 10.3. The summed E-state index contributed by atoms with van der Waals surface area (Å²) in [4.78, 5) is 11.8. The highest BCUT2D eigenvalue weighted by atomic mass is 16.6. The monoisotopic (exact) mass is 217 g/mol. The number of carbonyl (C=O) groups is 1. The predicted octanol–water partition coefficient (Wildman–Crippen LogP) is 1.31. The average Bonchev–Trinajstić information content (AvgIpc) is 3.19. The van der Waals surface area contributed by atoms with Gasteiger partial charge in [-0.05, 0) is 17.9 Å². The first-order valence-electron chi connectivity index (χ1n) is 5.79. The number of amides is 1. The summed E-state index contributed by atoms with van der Waals surface area (Å²) < 4.78 is 5.06. The summed E-state index contributed by atoms with van der Waals surface area (Å²) in [6.45, 7) is 1.48. The van der Waals surface area contributed by atoms with Crippen LogP contribution in [0.15, 0.2) is 30.3 Å². The standard InChI is InChI=1S/C13H15NO2/c15-13(14-7-10-8-16-10)12-6-11(12)9-4-2-1-3-5-9/h1-5,10-12H,6-8H2,(H,14,15)/t10-,11+,12+/m0/s1. The van der Waals surface area contributed by atoms with Gasteiger partial charge in [-0.15, -0.1) is 0 Å². The third-order valence-corrected chi connectivity index (χ3v) is 3.26. The van der Waals surface area contributed by atoms with Crippen molar-refractivity contribution in [3.05, 3.63) is 35.9 Å². The van der Waals surface area contributed by atoms with E-state index in [0.29, 0.717) is 12.5 Å². The van der Waals surface area contributed by atoms with Crippen molar-refractivity contribution in [1.29, 1.82) is 0 Å². The summed E-state index contributed by atoms with van der Waals surface area (Å²) in [6.07, 6.45) is 1.26. The van der Waals surface area contributed by atoms with E-state index in [1.54, 1.807) is 0 Å². The van der Waals surface area contributed by atoms with Crippen LogP contribution in [0.4, 0.5) is 0 Å². The quantitative estimate of drug-likeness (QED) is 0.772. The van der Waals surface area contributed by atoms with Crippen LogP contribution in [0.5, 0.6) is 0 Å². The Hall–Kier alpha value is -1.35. The molecule has 3 heteroatoms. The van der Waals surface area contributed by atoms with Crippen LogP contribution < -0.4 is 5.32 Å². The molecule has 1 amide bonds. The number of hydrogen-bond donors (Lipinski definition) is 1. The van der Waals surface area contributed by atoms with Gasteiger partial charge in [0.2, 0.25) is 5.91 Å². The van der Waals surface area contributed by atoms with Gasteiger partial charge in [-0.3, -0.25) is 4.79 Å². The van der Waals surface area contributed by atoms with Gasteiger partial charge >= 0.3 is 0 Å². The lowest BCUT2D eigenvalue weighted by atomic mass is 10.1. The average molecular weight is 217 g/mol. The molecule has 0 aromatic heterocycles. The zero-order valence-electron chi connectivity index (χ0n) is 9.06. The van der Waals surface area contributed by atoms with Crippen LogP contribution in [0, 0.1) is 5.92 Å². The number of hydrogen-bond acceptors (Lipinski definition) is 2. The maximum atomic E-state index is 11.8. The van der Waals surface area contributed by atoms with E-state index in [4.69, 9.17) is 4.74 Å². The van der Waals surface area contributed by atoms with Crippen molar-refractivity contribution < 1.29 is 9.53 Å². The van der Waals surface area contributed by atoms with E-state index in [0.717, 1.165) is 13.0 Å². The Labute approximate surface area is 94.8 Å². The number of rotatable bonds is 4. The van der Waals surface area contributed by atoms with Crippen LogP contribution in [0.25, 0.3) is 0 Å². The number of carbonyl (C=O) groups excluding carboxylic acids is 1. The molecule has 1 saturated heterocycles. The van der Waals surface area contributed by atoms with Crippen LogP contribution in [-0.2, 0) is 9.53 Å². The van der Waals surface area contributed by atoms with Crippen LogP contribution in [-0.4, -0.2) is 25.2 Å². The van der Waals surface area contributed by atoms with Crippen molar-refractivity contribution in [2.24, 2.45) is 5.92 Å². The number of benzene rings is 1. The molecule has 16 heavy (non-hydrogen) atoms. The molecule has 3 atom stereocenters. The van der Waals surface area contributed by atoms with Gasteiger partial charge in [-0.2, -0.15) is 0 Å². The third kappa shape index (κ3) is 2.09. The lowest BCUT2D eigenvalue weighted by molar-refractivity contribution is -0.122. The molecule has 1 aliphatic carbocycles. The minimum Gasteiger partial charge on any atom is -0.371 e. The first kappa shape index (κ1) is 9.85. The van der Waals surface area contributed by atoms with E-state index in [9.17, 15) is 4.79 Å². The summed E-state index contributed by atoms with van der Waals surface area (Å²) >= 11 is 0. The van der Waals surface area contributed by atoms with E-state index >= 15 is 0 Å². The van der Waals surface area contributed by atoms with Crippen LogP contribution in [0.3, 0.4) is 0 Å². The van der Waals surface area contributed by atoms with Crippen LogP contribution in [0.1, 0.15) is 17.9 Å². The van der Waals surface area contributed by atoms with Crippen molar-refractivity contribution in [1.82, 2.24) is 5.32 Å². The molecule has 1 aromatic carbocycles. The highest BCUT2D eigenvalue weighted by Crippen LogP contribution is 2.47. The fourth-order valence-electron chi connectivity index (χ4n) is 2.08. The molecule has 0 bridgehead atoms. The zero-order valence-corrected chi connectivity index (χ0v) is 9.06. The van der Waals surface area contributed by atoms with Gasteiger partial charge < -0.3 is 10.1 Å². The molecule has 1 aromatic rings. The van der Waals surface area contributed by atoms with Gasteiger partial charge in [0.05, 0.1) is 12.7 Å². The maximum absolute atomic E-state index is 11.8. The molecule has 1 N–H and O–H groups in total. The first-order valence-corrected chi connectivity index (χ1v) is 5.79. The van der Waals surface area contributed by atoms with E-state index < -0.39 is 0 Å². The smallest absolute Gasteiger partial charge is 0.223 e. The third-order valence-electron chi connectivity index (χ3n) is 3.26. The highest BCUT2D eigenvalue weighted by molar-refractivity contribution is 5.82. The fourth-order valence-corrected chi connectivity index (χ4v) is 2.08. The summed E-state index contributed by atoms with van der Waals surface area (Å²) in [5.41, 5.74) is 1.28. The SMILES string of the molecule is O=C(NC[C@H]1CO1)[C@@H]1C[C@@H]1c1ccccc1. The Balaban J connectivity index is 1.52. The minimum absolute atomic E-state index is 0.182. The molecule has 1 heterocycles. The second-order valence-electron chi connectivity index (χ2n) is 4.56. The van der Waals surface area contributed by atoms with E-state index in [1.165, 1.54) is 5.56 Å². The lowest BCUT2D eigenvalue weighted by Gasteiger charge is -2.02. The molecule has 0 radical (unpaired) electrons. The Bertz CT molecular complexity index is 386. The molecule has 0 unspecified atom stereocenters. The second-order valence-corrected chi connectivity index (χ2v) is 4.56. The molecular weight excluding hydrogens is 202 g/mol. The molecule has 1 aliphatic heterocycles. The van der Waals surface area contributed by atoms with Crippen LogP contribution >= 0.6 is 0 Å². The van der Waals surface area contributed by atoms with Crippen molar-refractivity contribution in [3.63, 3.8) is 0 Å². The normalized spacial score (nSPS) is 30.9. The fraction of sp³-hybridized carbons (Fsp3) is 0.462. The molecular formula is C13H15NO2. The molecule has 2 aliphatic rings. The van der Waals surface area contributed by atoms with Crippen molar-refractivity contribution in [2.75, 3.05) is 13.2 Å². The largest absolute Gasteiger partial charge is 0.371 e. The Kier molecular flexibility index (Phi) is 2.40. The first-order chi connectivity index (χ1) is 7.84. The predicted molar refractivity (Wildman–Crippen MR) is 60.0 cm³/mol. The van der Waals surface area contributed by atoms with Crippen molar-refractivity contribution in [3.8, 4) is 0 Å². The molecule has 84 valence electrons. The molecule has 3 nitrogen and oxygen atoms in total. The Morgan fingerprint density at radius 1 is 1.38 bits per heavy atom. The number of epoxide rings is 1. The molecule has 2 fully saturated rings. The topological polar surface area (TPSA) is 41.6 Å². The maximum Gasteiger partial charge on any atom is 0.223 e. The summed E-state index contributed by atoms with van der Waals surface area (Å²) in [5, 5.41) is 2.94. The van der Waals surface area contributed by atoms with Gasteiger partial charge in [-0.25, -0.2) is 0 Å². The van der Waals surface area contributed by atoms with E-state index in [-0.39, 0.29) is 17.9 Å². The number of ether oxygens (including phenoxy) is 1.